The Hall–Kier alpha value is -0.800. The number of hydrogen-bond acceptors (Lipinski definition) is 1. The van der Waals surface area contributed by atoms with Crippen LogP contribution in [0, 0.1) is 0 Å². The van der Waals surface area contributed by atoms with Gasteiger partial charge in [0, 0.05) is 18.1 Å². The van der Waals surface area contributed by atoms with Gasteiger partial charge in [-0.3, -0.25) is 0 Å². The lowest BCUT2D eigenvalue weighted by atomic mass is 9.96. The van der Waals surface area contributed by atoms with Gasteiger partial charge in [-0.2, -0.15) is 0 Å². The molecule has 0 saturated heterocycles. The van der Waals surface area contributed by atoms with E-state index in [-0.39, 0.29) is 6.04 Å². The van der Waals surface area contributed by atoms with Gasteiger partial charge in [-0.25, -0.2) is 0 Å². The standard InChI is InChI=1S/C16H23ClN2S/c1-12(13-7-6-8-14(17)11-13)19(2)16(20)18-15-9-4-3-5-10-15/h6-8,11-12,15H,3-5,9-10H2,1-2H3,(H,18,20). The second kappa shape index (κ2) is 7.28. The van der Waals surface area contributed by atoms with Crippen molar-refractivity contribution in [2.75, 3.05) is 7.05 Å². The molecule has 2 nitrogen and oxygen atoms in total. The molecule has 1 aromatic rings. The van der Waals surface area contributed by atoms with Crippen molar-refractivity contribution in [3.63, 3.8) is 0 Å². The summed E-state index contributed by atoms with van der Waals surface area (Å²) in [4.78, 5) is 2.12. The van der Waals surface area contributed by atoms with Gasteiger partial charge in [-0.15, -0.1) is 0 Å². The molecule has 20 heavy (non-hydrogen) atoms. The molecule has 0 heterocycles. The first-order valence-corrected chi connectivity index (χ1v) is 8.15. The molecule has 1 fully saturated rings. The van der Waals surface area contributed by atoms with Crippen molar-refractivity contribution in [3.05, 3.63) is 34.9 Å². The third-order valence-corrected chi connectivity index (χ3v) is 4.81. The van der Waals surface area contributed by atoms with Crippen molar-refractivity contribution in [1.82, 2.24) is 10.2 Å². The third-order valence-electron chi connectivity index (χ3n) is 4.17. The van der Waals surface area contributed by atoms with Crippen molar-refractivity contribution in [2.24, 2.45) is 0 Å². The maximum atomic E-state index is 6.06. The Balaban J connectivity index is 1.95. The minimum Gasteiger partial charge on any atom is -0.360 e. The van der Waals surface area contributed by atoms with E-state index in [1.54, 1.807) is 0 Å². The molecule has 0 radical (unpaired) electrons. The molecule has 0 bridgehead atoms. The third kappa shape index (κ3) is 4.10. The fraction of sp³-hybridized carbons (Fsp3) is 0.562. The van der Waals surface area contributed by atoms with Crippen LogP contribution < -0.4 is 5.32 Å². The van der Waals surface area contributed by atoms with E-state index in [0.29, 0.717) is 6.04 Å². The summed E-state index contributed by atoms with van der Waals surface area (Å²) < 4.78 is 0. The van der Waals surface area contributed by atoms with E-state index in [9.17, 15) is 0 Å². The van der Waals surface area contributed by atoms with Gasteiger partial charge in [-0.05, 0) is 49.7 Å². The zero-order chi connectivity index (χ0) is 14.5. The van der Waals surface area contributed by atoms with E-state index >= 15 is 0 Å². The first-order chi connectivity index (χ1) is 9.58. The van der Waals surface area contributed by atoms with Gasteiger partial charge in [0.25, 0.3) is 0 Å². The lowest BCUT2D eigenvalue weighted by Gasteiger charge is -2.32. The number of halogens is 1. The predicted octanol–water partition coefficient (Wildman–Crippen LogP) is 4.54. The summed E-state index contributed by atoms with van der Waals surface area (Å²) in [5, 5.41) is 5.12. The van der Waals surface area contributed by atoms with Crippen LogP contribution in [0.4, 0.5) is 0 Å². The maximum Gasteiger partial charge on any atom is 0.169 e. The average molecular weight is 311 g/mol. The summed E-state index contributed by atoms with van der Waals surface area (Å²) in [6, 6.07) is 8.75. The van der Waals surface area contributed by atoms with Gasteiger partial charge in [-0.1, -0.05) is 43.0 Å². The summed E-state index contributed by atoms with van der Waals surface area (Å²) in [6.45, 7) is 2.15. The lowest BCUT2D eigenvalue weighted by Crippen LogP contribution is -2.44. The van der Waals surface area contributed by atoms with Gasteiger partial charge in [0.1, 0.15) is 0 Å². The van der Waals surface area contributed by atoms with E-state index in [1.165, 1.54) is 37.7 Å². The second-order valence-electron chi connectivity index (χ2n) is 5.63. The molecule has 0 aromatic heterocycles. The van der Waals surface area contributed by atoms with Gasteiger partial charge in [0.15, 0.2) is 5.11 Å². The van der Waals surface area contributed by atoms with Crippen molar-refractivity contribution in [3.8, 4) is 0 Å². The van der Waals surface area contributed by atoms with Crippen molar-refractivity contribution < 1.29 is 0 Å². The van der Waals surface area contributed by atoms with Crippen LogP contribution in [0.3, 0.4) is 0 Å². The highest BCUT2D eigenvalue weighted by Gasteiger charge is 2.19. The largest absolute Gasteiger partial charge is 0.360 e. The van der Waals surface area contributed by atoms with Crippen molar-refractivity contribution in [2.45, 2.75) is 51.1 Å². The number of hydrogen-bond donors (Lipinski definition) is 1. The van der Waals surface area contributed by atoms with Gasteiger partial charge in [0.05, 0.1) is 6.04 Å². The van der Waals surface area contributed by atoms with Crippen LogP contribution in [0.2, 0.25) is 5.02 Å². The summed E-state index contributed by atoms with van der Waals surface area (Å²) in [5.74, 6) is 0. The van der Waals surface area contributed by atoms with Crippen molar-refractivity contribution in [1.29, 1.82) is 0 Å². The number of thiocarbonyl (C=S) groups is 1. The zero-order valence-electron chi connectivity index (χ0n) is 12.2. The monoisotopic (exact) mass is 310 g/mol. The number of nitrogens with zero attached hydrogens (tertiary/aromatic N) is 1. The Kier molecular flexibility index (Phi) is 5.67. The van der Waals surface area contributed by atoms with E-state index in [1.807, 2.05) is 25.2 Å². The highest BCUT2D eigenvalue weighted by Crippen LogP contribution is 2.23. The molecule has 0 spiro atoms. The van der Waals surface area contributed by atoms with Crippen LogP contribution in [0.25, 0.3) is 0 Å². The molecule has 110 valence electrons. The van der Waals surface area contributed by atoms with E-state index < -0.39 is 0 Å². The summed E-state index contributed by atoms with van der Waals surface area (Å²) in [5.41, 5.74) is 1.19. The van der Waals surface area contributed by atoms with E-state index in [4.69, 9.17) is 23.8 Å². The summed E-state index contributed by atoms with van der Waals surface area (Å²) >= 11 is 11.6. The topological polar surface area (TPSA) is 15.3 Å². The van der Waals surface area contributed by atoms with Crippen LogP contribution in [0.5, 0.6) is 0 Å². The molecule has 1 atom stereocenters. The van der Waals surface area contributed by atoms with Crippen LogP contribution in [-0.2, 0) is 0 Å². The van der Waals surface area contributed by atoms with Crippen LogP contribution in [-0.4, -0.2) is 23.1 Å². The first-order valence-electron chi connectivity index (χ1n) is 7.36. The Morgan fingerprint density at radius 2 is 2.05 bits per heavy atom. The highest BCUT2D eigenvalue weighted by molar-refractivity contribution is 7.80. The normalized spacial score (nSPS) is 17.6. The molecule has 1 saturated carbocycles. The molecular formula is C16H23ClN2S. The summed E-state index contributed by atoms with van der Waals surface area (Å²) in [7, 11) is 2.05. The molecule has 0 aliphatic heterocycles. The molecule has 0 amide bonds. The minimum atomic E-state index is 0.220. The van der Waals surface area contributed by atoms with Crippen LogP contribution in [0.1, 0.15) is 50.6 Å². The number of rotatable bonds is 3. The number of benzene rings is 1. The molecule has 4 heteroatoms. The maximum absolute atomic E-state index is 6.06. The Labute approximate surface area is 132 Å². The van der Waals surface area contributed by atoms with Gasteiger partial charge in [0.2, 0.25) is 0 Å². The average Bonchev–Trinajstić information content (AvgIpc) is 2.46. The van der Waals surface area contributed by atoms with Gasteiger partial charge >= 0.3 is 0 Å². The minimum absolute atomic E-state index is 0.220. The Morgan fingerprint density at radius 1 is 1.35 bits per heavy atom. The molecule has 1 unspecified atom stereocenters. The number of nitrogens with one attached hydrogen (secondary N) is 1. The van der Waals surface area contributed by atoms with Crippen LogP contribution >= 0.6 is 23.8 Å². The highest BCUT2D eigenvalue weighted by atomic mass is 35.5. The molecule has 1 aromatic carbocycles. The van der Waals surface area contributed by atoms with Crippen LogP contribution in [0.15, 0.2) is 24.3 Å². The first kappa shape index (κ1) is 15.6. The molecule has 1 aliphatic rings. The molecule has 1 aliphatic carbocycles. The van der Waals surface area contributed by atoms with E-state index in [0.717, 1.165) is 10.1 Å². The Morgan fingerprint density at radius 3 is 2.70 bits per heavy atom. The predicted molar refractivity (Wildman–Crippen MR) is 90.2 cm³/mol. The lowest BCUT2D eigenvalue weighted by molar-refractivity contribution is 0.362. The second-order valence-corrected chi connectivity index (χ2v) is 6.45. The summed E-state index contributed by atoms with van der Waals surface area (Å²) in [6.07, 6.45) is 6.46. The SMILES string of the molecule is CC(c1cccc(Cl)c1)N(C)C(=S)NC1CCCCC1. The fourth-order valence-corrected chi connectivity index (χ4v) is 3.21. The smallest absolute Gasteiger partial charge is 0.169 e. The fourth-order valence-electron chi connectivity index (χ4n) is 2.69. The molecule has 2 rings (SSSR count). The Bertz CT molecular complexity index is 458. The molecular weight excluding hydrogens is 288 g/mol. The zero-order valence-corrected chi connectivity index (χ0v) is 13.8. The van der Waals surface area contributed by atoms with Gasteiger partial charge < -0.3 is 10.2 Å². The molecule has 1 N–H and O–H groups in total. The quantitative estimate of drug-likeness (QED) is 0.825. The van der Waals surface area contributed by atoms with E-state index in [2.05, 4.69) is 23.2 Å². The van der Waals surface area contributed by atoms with Crippen molar-refractivity contribution >= 4 is 28.9 Å².